The monoisotopic (exact) mass is 658 g/mol. The summed E-state index contributed by atoms with van der Waals surface area (Å²) in [4.78, 5) is 27.6. The van der Waals surface area contributed by atoms with Gasteiger partial charge in [-0.2, -0.15) is 15.2 Å². The molecule has 11 heteroatoms. The first kappa shape index (κ1) is 36.7. The minimum atomic E-state index is -1.01. The minimum Gasteiger partial charge on any atom is -0.467 e. The Balaban J connectivity index is 0.000000534. The second-order valence-electron chi connectivity index (χ2n) is 11.7. The van der Waals surface area contributed by atoms with Gasteiger partial charge in [-0.1, -0.05) is 50.2 Å². The molecule has 5 rings (SSSR count). The van der Waals surface area contributed by atoms with Gasteiger partial charge in [-0.05, 0) is 76.6 Å². The fourth-order valence-corrected chi connectivity index (χ4v) is 7.15. The average molecular weight is 659 g/mol. The molecular weight excluding hydrogens is 610 g/mol. The minimum absolute atomic E-state index is 0.0936. The van der Waals surface area contributed by atoms with Crippen LogP contribution in [0.4, 0.5) is 10.2 Å². The van der Waals surface area contributed by atoms with Gasteiger partial charge in [0.1, 0.15) is 5.82 Å². The lowest BCUT2D eigenvalue weighted by molar-refractivity contribution is -0.131. The Kier molecular flexibility index (Phi) is 14.5. The average Bonchev–Trinajstić information content (AvgIpc) is 3.43. The van der Waals surface area contributed by atoms with Gasteiger partial charge in [-0.15, -0.1) is 9.24 Å². The van der Waals surface area contributed by atoms with E-state index in [1.54, 1.807) is 7.11 Å². The Hall–Kier alpha value is -2.79. The molecule has 0 radical (unpaired) electrons. The predicted molar refractivity (Wildman–Crippen MR) is 183 cm³/mol. The number of aryl methyl sites for hydroxylation is 1. The third-order valence-electron chi connectivity index (χ3n) is 9.00. The molecule has 1 aromatic carbocycles. The summed E-state index contributed by atoms with van der Waals surface area (Å²) in [6.45, 7) is 11.8. The van der Waals surface area contributed by atoms with E-state index in [1.165, 1.54) is 24.3 Å². The summed E-state index contributed by atoms with van der Waals surface area (Å²) in [5, 5.41) is 10.1. The summed E-state index contributed by atoms with van der Waals surface area (Å²) >= 11 is 6.37. The molecule has 2 aliphatic heterocycles. The van der Waals surface area contributed by atoms with Gasteiger partial charge in [0.25, 0.3) is 5.91 Å². The lowest BCUT2D eigenvalue weighted by atomic mass is 9.82. The number of aromatic nitrogens is 2. The molecule has 0 saturated carbocycles. The molecule has 3 aliphatic rings. The highest BCUT2D eigenvalue weighted by Gasteiger charge is 2.36. The Morgan fingerprint density at radius 3 is 2.53 bits per heavy atom. The number of anilines is 1. The highest BCUT2D eigenvalue weighted by atomic mass is 35.5. The van der Waals surface area contributed by atoms with E-state index in [1.807, 2.05) is 32.0 Å². The third kappa shape index (κ3) is 9.37. The summed E-state index contributed by atoms with van der Waals surface area (Å²) in [5.41, 5.74) is 3.29. The Morgan fingerprint density at radius 1 is 1.22 bits per heavy atom. The summed E-state index contributed by atoms with van der Waals surface area (Å²) < 4.78 is 19.0. The van der Waals surface area contributed by atoms with Crippen molar-refractivity contribution in [3.8, 4) is 12.1 Å². The van der Waals surface area contributed by atoms with Crippen molar-refractivity contribution in [1.82, 2.24) is 19.8 Å². The van der Waals surface area contributed by atoms with Gasteiger partial charge < -0.3 is 19.4 Å². The molecule has 2 saturated heterocycles. The van der Waals surface area contributed by atoms with Crippen LogP contribution in [0.25, 0.3) is 0 Å². The number of ether oxygens (including phenoxy) is 1. The van der Waals surface area contributed by atoms with Crippen LogP contribution in [0.1, 0.15) is 75.4 Å². The van der Waals surface area contributed by atoms with Crippen molar-refractivity contribution in [2.24, 2.45) is 5.92 Å². The van der Waals surface area contributed by atoms with Gasteiger partial charge in [-0.3, -0.25) is 4.79 Å². The number of hydrogen-bond acceptors (Lipinski definition) is 7. The lowest BCUT2D eigenvalue weighted by Crippen LogP contribution is -2.55. The number of fused-ring (bicyclic) bond motifs is 1. The lowest BCUT2D eigenvalue weighted by Gasteiger charge is -2.42. The van der Waals surface area contributed by atoms with Gasteiger partial charge in [0.15, 0.2) is 5.83 Å². The van der Waals surface area contributed by atoms with Crippen molar-refractivity contribution in [3.63, 3.8) is 0 Å². The number of halogens is 2. The van der Waals surface area contributed by atoms with Crippen LogP contribution >= 0.6 is 20.8 Å². The van der Waals surface area contributed by atoms with Crippen LogP contribution in [0.2, 0.25) is 5.02 Å². The normalized spacial score (nSPS) is 22.6. The van der Waals surface area contributed by atoms with Crippen molar-refractivity contribution >= 4 is 32.6 Å². The van der Waals surface area contributed by atoms with E-state index < -0.39 is 17.8 Å². The second-order valence-corrected chi connectivity index (χ2v) is 12.8. The Bertz CT molecular complexity index is 1330. The van der Waals surface area contributed by atoms with E-state index in [-0.39, 0.29) is 24.6 Å². The number of benzene rings is 1. The molecule has 8 nitrogen and oxygen atoms in total. The number of hydrogen-bond donors (Lipinski definition) is 0. The van der Waals surface area contributed by atoms with Crippen molar-refractivity contribution in [2.75, 3.05) is 45.2 Å². The number of nitriles is 1. The van der Waals surface area contributed by atoms with Gasteiger partial charge >= 0.3 is 6.01 Å². The molecule has 5 unspecified atom stereocenters. The molecule has 0 spiro atoms. The first-order valence-electron chi connectivity index (χ1n) is 16.1. The highest BCUT2D eigenvalue weighted by molar-refractivity contribution is 7.17. The first-order valence-corrected chi connectivity index (χ1v) is 17.1. The number of nitrogens with zero attached hydrogens (tertiary/aromatic N) is 6. The fraction of sp³-hybridized carbons (Fsp3) is 0.588. The number of rotatable bonds is 7. The van der Waals surface area contributed by atoms with Crippen molar-refractivity contribution in [1.29, 1.82) is 5.26 Å². The van der Waals surface area contributed by atoms with E-state index in [0.717, 1.165) is 59.4 Å². The maximum Gasteiger partial charge on any atom is 0.318 e. The molecule has 3 heterocycles. The summed E-state index contributed by atoms with van der Waals surface area (Å²) in [6.07, 6.45) is 6.57. The molecule has 0 N–H and O–H groups in total. The quantitative estimate of drug-likeness (QED) is 0.239. The van der Waals surface area contributed by atoms with Gasteiger partial charge in [0.2, 0.25) is 0 Å². The molecular formula is C34H49ClFN6O2P. The Morgan fingerprint density at radius 2 is 1.96 bits per heavy atom. The number of amides is 1. The zero-order chi connectivity index (χ0) is 33.1. The molecule has 246 valence electrons. The SMILES string of the molecule is C=C(F)C(=O)N1CCN(c2nc(OC)nc3c2CCC(CCc2ccccc2Cl)C3P)CC1CC#N.CC.CC1CCCN1C. The molecule has 1 amide bonds. The molecule has 0 bridgehead atoms. The number of likely N-dealkylation sites (tertiary alicyclic amines) is 1. The summed E-state index contributed by atoms with van der Waals surface area (Å²) in [6, 6.07) is 10.7. The van der Waals surface area contributed by atoms with E-state index in [9.17, 15) is 14.4 Å². The van der Waals surface area contributed by atoms with Crippen molar-refractivity contribution in [3.05, 3.63) is 58.5 Å². The number of piperazine rings is 1. The van der Waals surface area contributed by atoms with Crippen LogP contribution in [0.15, 0.2) is 36.7 Å². The van der Waals surface area contributed by atoms with E-state index >= 15 is 0 Å². The number of carbonyl (C=O) groups is 1. The van der Waals surface area contributed by atoms with Crippen LogP contribution in [-0.4, -0.2) is 78.1 Å². The standard InChI is InChI=1S/C26H30ClFN5O2P.C6H13N.C2H6/c1-16(28)25(34)33-14-13-32(15-19(33)11-12-29)24-20-10-9-18(8-7-17-5-3-4-6-21(17)27)23(36)22(20)30-26(31-24)35-2;1-6-4-3-5-7(6)2;1-2/h3-6,18-19,23H,1,7-11,13-15,36H2,2H3;6H,3-5H2,1-2H3;1-2H3. The predicted octanol–water partition coefficient (Wildman–Crippen LogP) is 6.79. The van der Waals surface area contributed by atoms with Crippen LogP contribution in [0.5, 0.6) is 6.01 Å². The van der Waals surface area contributed by atoms with Gasteiger partial charge in [0.05, 0.1) is 31.3 Å². The van der Waals surface area contributed by atoms with Crippen molar-refractivity contribution < 1.29 is 13.9 Å². The summed E-state index contributed by atoms with van der Waals surface area (Å²) in [7, 11) is 6.69. The van der Waals surface area contributed by atoms with Gasteiger partial charge in [0, 0.05) is 41.9 Å². The maximum atomic E-state index is 13.6. The van der Waals surface area contributed by atoms with E-state index in [0.29, 0.717) is 19.0 Å². The molecule has 5 atom stereocenters. The number of carbonyl (C=O) groups excluding carboxylic acids is 1. The number of methoxy groups -OCH3 is 1. The van der Waals surface area contributed by atoms with Gasteiger partial charge in [-0.25, -0.2) is 4.39 Å². The van der Waals surface area contributed by atoms with Crippen LogP contribution < -0.4 is 9.64 Å². The van der Waals surface area contributed by atoms with Crippen molar-refractivity contribution in [2.45, 2.75) is 83.5 Å². The zero-order valence-corrected chi connectivity index (χ0v) is 29.3. The zero-order valence-electron chi connectivity index (χ0n) is 27.4. The van der Waals surface area contributed by atoms with E-state index in [4.69, 9.17) is 21.3 Å². The Labute approximate surface area is 276 Å². The first-order chi connectivity index (χ1) is 21.6. The molecule has 1 aromatic heterocycles. The highest BCUT2D eigenvalue weighted by Crippen LogP contribution is 2.45. The molecule has 1 aliphatic carbocycles. The largest absolute Gasteiger partial charge is 0.467 e. The van der Waals surface area contributed by atoms with Crippen LogP contribution in [0, 0.1) is 17.2 Å². The topological polar surface area (TPSA) is 85.6 Å². The summed E-state index contributed by atoms with van der Waals surface area (Å²) in [5.74, 6) is -0.602. The van der Waals surface area contributed by atoms with Crippen LogP contribution in [0.3, 0.4) is 0 Å². The third-order valence-corrected chi connectivity index (χ3v) is 10.2. The smallest absolute Gasteiger partial charge is 0.318 e. The molecule has 45 heavy (non-hydrogen) atoms. The fourth-order valence-electron chi connectivity index (χ4n) is 6.26. The maximum absolute atomic E-state index is 13.6. The van der Waals surface area contributed by atoms with E-state index in [2.05, 4.69) is 56.7 Å². The molecule has 2 fully saturated rings. The second kappa shape index (κ2) is 17.8. The van der Waals surface area contributed by atoms with Crippen LogP contribution in [-0.2, 0) is 17.6 Å². The molecule has 2 aromatic rings.